The van der Waals surface area contributed by atoms with Crippen LogP contribution in [0.15, 0.2) is 29.3 Å². The number of carbonyl (C=O) groups is 1. The Kier molecular flexibility index (Phi) is 7.06. The number of nitrogens with zero attached hydrogens (tertiary/aromatic N) is 1. The summed E-state index contributed by atoms with van der Waals surface area (Å²) in [7, 11) is 0. The predicted molar refractivity (Wildman–Crippen MR) is 94.3 cm³/mol. The summed E-state index contributed by atoms with van der Waals surface area (Å²) in [6, 6.07) is 7.91. The van der Waals surface area contributed by atoms with Gasteiger partial charge in [-0.3, -0.25) is 20.6 Å². The number of amides is 1. The zero-order valence-electron chi connectivity index (χ0n) is 12.8. The number of hydrogen-bond acceptors (Lipinski definition) is 4. The second kappa shape index (κ2) is 9.06. The summed E-state index contributed by atoms with van der Waals surface area (Å²) in [4.78, 5) is 16.1. The van der Waals surface area contributed by atoms with Crippen LogP contribution in [0.5, 0.6) is 0 Å². The van der Waals surface area contributed by atoms with E-state index >= 15 is 0 Å². The van der Waals surface area contributed by atoms with Crippen LogP contribution in [0.25, 0.3) is 0 Å². The fourth-order valence-electron chi connectivity index (χ4n) is 2.24. The Balaban J connectivity index is 1.68. The summed E-state index contributed by atoms with van der Waals surface area (Å²) in [6.45, 7) is 2.88. The zero-order chi connectivity index (χ0) is 15.8. The fraction of sp³-hybridized carbons (Fsp3) is 0.500. The normalized spacial score (nSPS) is 17.2. The lowest BCUT2D eigenvalue weighted by molar-refractivity contribution is -0.121. The van der Waals surface area contributed by atoms with Gasteiger partial charge < -0.3 is 0 Å². The van der Waals surface area contributed by atoms with Crippen molar-refractivity contribution in [2.75, 3.05) is 6.54 Å². The first-order chi connectivity index (χ1) is 10.7. The maximum Gasteiger partial charge on any atom is 0.238 e. The summed E-state index contributed by atoms with van der Waals surface area (Å²) in [5, 5.41) is 1.94. The van der Waals surface area contributed by atoms with Crippen LogP contribution in [0.1, 0.15) is 38.2 Å². The minimum atomic E-state index is 0.0232. The maximum atomic E-state index is 11.6. The predicted octanol–water partition coefficient (Wildman–Crippen LogP) is 3.56. The van der Waals surface area contributed by atoms with Gasteiger partial charge in [0.05, 0.1) is 6.54 Å². The fourth-order valence-corrected chi connectivity index (χ4v) is 3.45. The number of carbonyl (C=O) groups excluding carboxylic acids is 1. The zero-order valence-corrected chi connectivity index (χ0v) is 14.3. The van der Waals surface area contributed by atoms with E-state index in [0.717, 1.165) is 42.4 Å². The molecule has 0 radical (unpaired) electrons. The number of amidine groups is 1. The molecule has 1 atom stereocenters. The number of benzene rings is 1. The monoisotopic (exact) mass is 339 g/mol. The first-order valence-corrected chi connectivity index (χ1v) is 8.93. The number of nitrogens with one attached hydrogen (secondary N) is 2. The summed E-state index contributed by atoms with van der Waals surface area (Å²) in [5.74, 6) is 0.0232. The number of thioether (sulfide) groups is 1. The Bertz CT molecular complexity index is 536. The van der Waals surface area contributed by atoms with E-state index in [9.17, 15) is 4.79 Å². The summed E-state index contributed by atoms with van der Waals surface area (Å²) >= 11 is 7.66. The Morgan fingerprint density at radius 1 is 1.45 bits per heavy atom. The topological polar surface area (TPSA) is 53.5 Å². The average molecular weight is 340 g/mol. The van der Waals surface area contributed by atoms with Crippen LogP contribution in [-0.2, 0) is 11.2 Å². The van der Waals surface area contributed by atoms with Gasteiger partial charge in [0.2, 0.25) is 5.91 Å². The van der Waals surface area contributed by atoms with E-state index in [1.165, 1.54) is 5.56 Å². The van der Waals surface area contributed by atoms with Gasteiger partial charge in [-0.15, -0.1) is 0 Å². The number of hydrogen-bond donors (Lipinski definition) is 2. The molecule has 1 amide bonds. The van der Waals surface area contributed by atoms with Crippen molar-refractivity contribution in [2.45, 2.75) is 44.3 Å². The third-order valence-corrected chi connectivity index (χ3v) is 4.72. The van der Waals surface area contributed by atoms with Gasteiger partial charge in [-0.25, -0.2) is 0 Å². The Labute approximate surface area is 141 Å². The van der Waals surface area contributed by atoms with Crippen molar-refractivity contribution in [3.8, 4) is 0 Å². The number of aliphatic imine (C=N–C) groups is 1. The molecule has 0 spiro atoms. The van der Waals surface area contributed by atoms with E-state index in [0.29, 0.717) is 11.7 Å². The van der Waals surface area contributed by atoms with E-state index in [4.69, 9.17) is 11.6 Å². The van der Waals surface area contributed by atoms with Crippen molar-refractivity contribution in [1.29, 1.82) is 0 Å². The minimum absolute atomic E-state index is 0.0232. The smallest absolute Gasteiger partial charge is 0.238 e. The van der Waals surface area contributed by atoms with E-state index in [1.54, 1.807) is 11.8 Å². The summed E-state index contributed by atoms with van der Waals surface area (Å²) in [6.07, 6.45) is 4.62. The Hall–Kier alpha value is -1.20. The van der Waals surface area contributed by atoms with Gasteiger partial charge in [-0.2, -0.15) is 0 Å². The second-order valence-corrected chi connectivity index (χ2v) is 7.08. The van der Waals surface area contributed by atoms with Gasteiger partial charge in [-0.05, 0) is 30.5 Å². The van der Waals surface area contributed by atoms with Crippen molar-refractivity contribution >= 4 is 34.4 Å². The lowest BCUT2D eigenvalue weighted by atomic mass is 10.1. The first-order valence-electron chi connectivity index (χ1n) is 7.67. The van der Waals surface area contributed by atoms with Crippen LogP contribution < -0.4 is 10.9 Å². The second-order valence-electron chi connectivity index (χ2n) is 5.35. The Morgan fingerprint density at radius 3 is 3.09 bits per heavy atom. The van der Waals surface area contributed by atoms with Gasteiger partial charge in [0.25, 0.3) is 0 Å². The van der Waals surface area contributed by atoms with Crippen molar-refractivity contribution in [2.24, 2.45) is 4.99 Å². The van der Waals surface area contributed by atoms with Crippen molar-refractivity contribution < 1.29 is 4.79 Å². The molecule has 6 heteroatoms. The van der Waals surface area contributed by atoms with Crippen LogP contribution >= 0.6 is 23.4 Å². The van der Waals surface area contributed by atoms with Crippen LogP contribution in [-0.4, -0.2) is 22.9 Å². The van der Waals surface area contributed by atoms with Gasteiger partial charge in [0.1, 0.15) is 0 Å². The molecule has 0 unspecified atom stereocenters. The maximum absolute atomic E-state index is 11.6. The van der Waals surface area contributed by atoms with Gasteiger partial charge in [0.15, 0.2) is 5.17 Å². The molecule has 0 aromatic heterocycles. The van der Waals surface area contributed by atoms with Crippen molar-refractivity contribution in [1.82, 2.24) is 10.9 Å². The molecule has 120 valence electrons. The van der Waals surface area contributed by atoms with E-state index in [-0.39, 0.29) is 5.91 Å². The van der Waals surface area contributed by atoms with Gasteiger partial charge in [-0.1, -0.05) is 55.3 Å². The first kappa shape index (κ1) is 17.2. The largest absolute Gasteiger partial charge is 0.277 e. The molecule has 1 aliphatic heterocycles. The van der Waals surface area contributed by atoms with Crippen LogP contribution in [0, 0.1) is 0 Å². The SMILES string of the molecule is CCCCCC(=O)NNC1=NC[C@H](Cc2cccc(Cl)c2)S1. The highest BCUT2D eigenvalue weighted by Gasteiger charge is 2.20. The molecule has 0 saturated heterocycles. The van der Waals surface area contributed by atoms with Crippen LogP contribution in [0.2, 0.25) is 5.02 Å². The lowest BCUT2D eigenvalue weighted by Gasteiger charge is -2.10. The lowest BCUT2D eigenvalue weighted by Crippen LogP contribution is -2.39. The summed E-state index contributed by atoms with van der Waals surface area (Å²) < 4.78 is 0. The van der Waals surface area contributed by atoms with E-state index < -0.39 is 0 Å². The molecule has 2 rings (SSSR count). The molecule has 1 aromatic rings. The molecule has 1 aliphatic rings. The number of halogens is 1. The third-order valence-electron chi connectivity index (χ3n) is 3.39. The molecule has 1 heterocycles. The van der Waals surface area contributed by atoms with Crippen LogP contribution in [0.4, 0.5) is 0 Å². The van der Waals surface area contributed by atoms with Crippen LogP contribution in [0.3, 0.4) is 0 Å². The molecule has 2 N–H and O–H groups in total. The molecule has 0 saturated carbocycles. The average Bonchev–Trinajstić information content (AvgIpc) is 2.93. The number of hydrazine groups is 1. The molecular formula is C16H22ClN3OS. The molecule has 0 bridgehead atoms. The molecule has 22 heavy (non-hydrogen) atoms. The quantitative estimate of drug-likeness (QED) is 0.615. The molecular weight excluding hydrogens is 318 g/mol. The van der Waals surface area contributed by atoms with Crippen molar-refractivity contribution in [3.63, 3.8) is 0 Å². The summed E-state index contributed by atoms with van der Waals surface area (Å²) in [5.41, 5.74) is 6.85. The molecule has 0 fully saturated rings. The van der Waals surface area contributed by atoms with E-state index in [1.807, 2.05) is 18.2 Å². The highest BCUT2D eigenvalue weighted by molar-refractivity contribution is 8.14. The van der Waals surface area contributed by atoms with Gasteiger partial charge in [0, 0.05) is 16.7 Å². The molecule has 4 nitrogen and oxygen atoms in total. The van der Waals surface area contributed by atoms with Gasteiger partial charge >= 0.3 is 0 Å². The molecule has 1 aromatic carbocycles. The highest BCUT2D eigenvalue weighted by Crippen LogP contribution is 2.24. The minimum Gasteiger partial charge on any atom is -0.277 e. The highest BCUT2D eigenvalue weighted by atomic mass is 35.5. The standard InChI is InChI=1S/C16H22ClN3OS/c1-2-3-4-8-15(21)19-20-16-18-11-14(22-16)10-12-6-5-7-13(17)9-12/h5-7,9,14H,2-4,8,10-11H2,1H3,(H,18,20)(H,19,21)/t14-/m0/s1. The molecule has 0 aliphatic carbocycles. The third kappa shape index (κ3) is 5.89. The number of rotatable bonds is 6. The Morgan fingerprint density at radius 2 is 2.32 bits per heavy atom. The number of unbranched alkanes of at least 4 members (excludes halogenated alkanes) is 2. The van der Waals surface area contributed by atoms with Crippen molar-refractivity contribution in [3.05, 3.63) is 34.9 Å². The van der Waals surface area contributed by atoms with E-state index in [2.05, 4.69) is 28.8 Å².